The molecule has 4 rings (SSSR count). The molecule has 0 spiro atoms. The number of anilines is 1. The number of hydrogen-bond acceptors (Lipinski definition) is 4. The van der Waals surface area contributed by atoms with Crippen molar-refractivity contribution in [2.45, 2.75) is 19.8 Å². The molecule has 2 N–H and O–H groups in total. The Hall–Kier alpha value is -2.89. The van der Waals surface area contributed by atoms with Gasteiger partial charge in [0, 0.05) is 36.4 Å². The molecule has 0 radical (unpaired) electrons. The van der Waals surface area contributed by atoms with Gasteiger partial charge in [0.05, 0.1) is 11.2 Å². The number of piperidine rings is 1. The van der Waals surface area contributed by atoms with Crippen LogP contribution in [0.5, 0.6) is 0 Å². The standard InChI is InChI=1S/C19H21N5O/c1-13-7-10-23(11-8-13)19(25)24-12-15(14-4-2-3-5-17(14)24)16-6-9-21-18(20)22-16/h2-6,9,12-13H,7-8,10-11H2,1H3,(H2,20,21,22). The topological polar surface area (TPSA) is 77.0 Å². The largest absolute Gasteiger partial charge is 0.368 e. The molecule has 1 saturated heterocycles. The highest BCUT2D eigenvalue weighted by Crippen LogP contribution is 2.30. The van der Waals surface area contributed by atoms with Crippen molar-refractivity contribution in [2.24, 2.45) is 5.92 Å². The van der Waals surface area contributed by atoms with Crippen molar-refractivity contribution in [1.29, 1.82) is 0 Å². The Labute approximate surface area is 146 Å². The van der Waals surface area contributed by atoms with Gasteiger partial charge in [-0.25, -0.2) is 14.8 Å². The molecule has 0 aliphatic carbocycles. The number of benzene rings is 1. The number of carbonyl (C=O) groups is 1. The van der Waals surface area contributed by atoms with Crippen molar-refractivity contribution >= 4 is 22.9 Å². The predicted octanol–water partition coefficient (Wildman–Crippen LogP) is 3.38. The van der Waals surface area contributed by atoms with Gasteiger partial charge in [-0.3, -0.25) is 4.57 Å². The predicted molar refractivity (Wildman–Crippen MR) is 98.1 cm³/mol. The van der Waals surface area contributed by atoms with Crippen LogP contribution >= 0.6 is 0 Å². The van der Waals surface area contributed by atoms with Gasteiger partial charge in [0.2, 0.25) is 5.95 Å². The number of fused-ring (bicyclic) bond motifs is 1. The first-order chi connectivity index (χ1) is 12.1. The second-order valence-electron chi connectivity index (χ2n) is 6.68. The summed E-state index contributed by atoms with van der Waals surface area (Å²) in [7, 11) is 0. The lowest BCUT2D eigenvalue weighted by atomic mass is 10.00. The Balaban J connectivity index is 1.79. The van der Waals surface area contributed by atoms with E-state index in [0.29, 0.717) is 5.92 Å². The van der Waals surface area contributed by atoms with Gasteiger partial charge in [-0.1, -0.05) is 25.1 Å². The number of hydrogen-bond donors (Lipinski definition) is 1. The Morgan fingerprint density at radius 1 is 1.20 bits per heavy atom. The molecule has 0 bridgehead atoms. The minimum Gasteiger partial charge on any atom is -0.368 e. The highest BCUT2D eigenvalue weighted by molar-refractivity contribution is 6.00. The van der Waals surface area contributed by atoms with E-state index >= 15 is 0 Å². The number of likely N-dealkylation sites (tertiary alicyclic amines) is 1. The van der Waals surface area contributed by atoms with E-state index in [1.54, 1.807) is 10.8 Å². The first-order valence-electron chi connectivity index (χ1n) is 8.62. The Bertz CT molecular complexity index is 924. The highest BCUT2D eigenvalue weighted by atomic mass is 16.2. The molecule has 6 nitrogen and oxygen atoms in total. The van der Waals surface area contributed by atoms with Crippen LogP contribution in [0.4, 0.5) is 10.7 Å². The van der Waals surface area contributed by atoms with Crippen molar-refractivity contribution in [3.63, 3.8) is 0 Å². The van der Waals surface area contributed by atoms with E-state index < -0.39 is 0 Å². The first kappa shape index (κ1) is 15.6. The van der Waals surface area contributed by atoms with Gasteiger partial charge in [0.1, 0.15) is 0 Å². The SMILES string of the molecule is CC1CCN(C(=O)n2cc(-c3ccnc(N)n3)c3ccccc32)CC1. The minimum atomic E-state index is 0.0244. The van der Waals surface area contributed by atoms with Gasteiger partial charge in [0.25, 0.3) is 0 Å². The number of amides is 1. The lowest BCUT2D eigenvalue weighted by Gasteiger charge is -2.30. The third kappa shape index (κ3) is 2.84. The zero-order chi connectivity index (χ0) is 17.4. The lowest BCUT2D eigenvalue weighted by molar-refractivity contribution is 0.176. The van der Waals surface area contributed by atoms with Gasteiger partial charge in [-0.05, 0) is 30.9 Å². The number of carbonyl (C=O) groups excluding carboxylic acids is 1. The van der Waals surface area contributed by atoms with Crippen molar-refractivity contribution in [3.8, 4) is 11.3 Å². The summed E-state index contributed by atoms with van der Waals surface area (Å²) in [5, 5.41) is 0.985. The van der Waals surface area contributed by atoms with Gasteiger partial charge < -0.3 is 10.6 Å². The number of nitrogens with two attached hydrogens (primary N) is 1. The summed E-state index contributed by atoms with van der Waals surface area (Å²) in [4.78, 5) is 23.3. The summed E-state index contributed by atoms with van der Waals surface area (Å²) in [6.45, 7) is 3.86. The second kappa shape index (κ2) is 6.20. The molecule has 0 unspecified atom stereocenters. The molecule has 128 valence electrons. The third-order valence-electron chi connectivity index (χ3n) is 4.92. The fraction of sp³-hybridized carbons (Fsp3) is 0.316. The van der Waals surface area contributed by atoms with Crippen LogP contribution < -0.4 is 5.73 Å². The molecule has 2 aromatic heterocycles. The quantitative estimate of drug-likeness (QED) is 0.739. The zero-order valence-electron chi connectivity index (χ0n) is 14.2. The molecular weight excluding hydrogens is 314 g/mol. The summed E-state index contributed by atoms with van der Waals surface area (Å²) >= 11 is 0. The van der Waals surface area contributed by atoms with Crippen LogP contribution in [0, 0.1) is 5.92 Å². The summed E-state index contributed by atoms with van der Waals surface area (Å²) in [6.07, 6.45) is 5.62. The average molecular weight is 335 g/mol. The molecule has 6 heteroatoms. The molecule has 0 atom stereocenters. The molecule has 3 heterocycles. The van der Waals surface area contributed by atoms with Crippen LogP contribution in [0.1, 0.15) is 19.8 Å². The van der Waals surface area contributed by atoms with E-state index in [4.69, 9.17) is 5.73 Å². The Morgan fingerprint density at radius 2 is 1.96 bits per heavy atom. The van der Waals surface area contributed by atoms with Gasteiger partial charge in [-0.2, -0.15) is 0 Å². The molecule has 25 heavy (non-hydrogen) atoms. The van der Waals surface area contributed by atoms with Crippen LogP contribution in [0.3, 0.4) is 0 Å². The first-order valence-corrected chi connectivity index (χ1v) is 8.62. The molecular formula is C19H21N5O. The van der Waals surface area contributed by atoms with Crippen LogP contribution in [-0.4, -0.2) is 38.6 Å². The molecule has 1 fully saturated rings. The monoisotopic (exact) mass is 335 g/mol. The maximum Gasteiger partial charge on any atom is 0.328 e. The number of nitrogens with zero attached hydrogens (tertiary/aromatic N) is 4. The number of para-hydroxylation sites is 1. The maximum atomic E-state index is 13.1. The van der Waals surface area contributed by atoms with Crippen LogP contribution in [-0.2, 0) is 0 Å². The Kier molecular flexibility index (Phi) is 3.87. The average Bonchev–Trinajstić information content (AvgIpc) is 3.01. The van der Waals surface area contributed by atoms with Crippen LogP contribution in [0.2, 0.25) is 0 Å². The van der Waals surface area contributed by atoms with E-state index in [1.165, 1.54) is 0 Å². The number of aromatic nitrogens is 3. The molecule has 1 aliphatic rings. The summed E-state index contributed by atoms with van der Waals surface area (Å²) in [6, 6.07) is 9.72. The zero-order valence-corrected chi connectivity index (χ0v) is 14.2. The second-order valence-corrected chi connectivity index (χ2v) is 6.68. The van der Waals surface area contributed by atoms with Crippen LogP contribution in [0.15, 0.2) is 42.7 Å². The van der Waals surface area contributed by atoms with Crippen molar-refractivity contribution in [1.82, 2.24) is 19.4 Å². The smallest absolute Gasteiger partial charge is 0.328 e. The van der Waals surface area contributed by atoms with Crippen LogP contribution in [0.25, 0.3) is 22.2 Å². The van der Waals surface area contributed by atoms with Crippen molar-refractivity contribution in [2.75, 3.05) is 18.8 Å². The molecule has 1 aromatic carbocycles. The summed E-state index contributed by atoms with van der Waals surface area (Å²) in [5.74, 6) is 0.913. The van der Waals surface area contributed by atoms with Crippen molar-refractivity contribution < 1.29 is 4.79 Å². The lowest BCUT2D eigenvalue weighted by Crippen LogP contribution is -2.40. The molecule has 1 aliphatic heterocycles. The van der Waals surface area contributed by atoms with Crippen molar-refractivity contribution in [3.05, 3.63) is 42.7 Å². The number of nitrogen functional groups attached to an aromatic ring is 1. The normalized spacial score (nSPS) is 15.6. The summed E-state index contributed by atoms with van der Waals surface area (Å²) < 4.78 is 1.74. The Morgan fingerprint density at radius 3 is 2.72 bits per heavy atom. The van der Waals surface area contributed by atoms with E-state index in [2.05, 4.69) is 16.9 Å². The van der Waals surface area contributed by atoms with Gasteiger partial charge in [-0.15, -0.1) is 0 Å². The molecule has 3 aromatic rings. The highest BCUT2D eigenvalue weighted by Gasteiger charge is 2.23. The number of rotatable bonds is 1. The molecule has 1 amide bonds. The third-order valence-corrected chi connectivity index (χ3v) is 4.92. The maximum absolute atomic E-state index is 13.1. The van der Waals surface area contributed by atoms with Gasteiger partial charge in [0.15, 0.2) is 0 Å². The summed E-state index contributed by atoms with van der Waals surface area (Å²) in [5.41, 5.74) is 8.24. The minimum absolute atomic E-state index is 0.0244. The fourth-order valence-electron chi connectivity index (χ4n) is 3.42. The van der Waals surface area contributed by atoms with E-state index in [0.717, 1.165) is 48.1 Å². The molecule has 0 saturated carbocycles. The van der Waals surface area contributed by atoms with E-state index in [1.807, 2.05) is 41.4 Å². The van der Waals surface area contributed by atoms with E-state index in [-0.39, 0.29) is 12.0 Å². The van der Waals surface area contributed by atoms with Gasteiger partial charge >= 0.3 is 6.03 Å². The van der Waals surface area contributed by atoms with E-state index in [9.17, 15) is 4.79 Å². The fourth-order valence-corrected chi connectivity index (χ4v) is 3.42.